The molecule has 4 heteroatoms. The summed E-state index contributed by atoms with van der Waals surface area (Å²) < 4.78 is 1.07. The second-order valence-corrected chi connectivity index (χ2v) is 4.89. The molecule has 2 rings (SSSR count). The van der Waals surface area contributed by atoms with Gasteiger partial charge in [-0.05, 0) is 30.7 Å². The smallest absolute Gasteiger partial charge is 0.180 e. The van der Waals surface area contributed by atoms with Crippen molar-refractivity contribution in [1.82, 2.24) is 4.98 Å². The van der Waals surface area contributed by atoms with Gasteiger partial charge in [-0.2, -0.15) is 0 Å². The van der Waals surface area contributed by atoms with Gasteiger partial charge in [0.05, 0.1) is 5.69 Å². The van der Waals surface area contributed by atoms with Crippen LogP contribution in [0.3, 0.4) is 0 Å². The number of benzene rings is 1. The van der Waals surface area contributed by atoms with E-state index in [1.807, 2.05) is 11.4 Å². The fourth-order valence-electron chi connectivity index (χ4n) is 1.30. The molecule has 72 valence electrons. The number of nitrogen functional groups attached to an aromatic ring is 1. The highest BCUT2D eigenvalue weighted by molar-refractivity contribution is 9.10. The molecule has 1 aromatic heterocycles. The highest BCUT2D eigenvalue weighted by atomic mass is 79.9. The lowest BCUT2D eigenvalue weighted by atomic mass is 10.1. The van der Waals surface area contributed by atoms with E-state index >= 15 is 0 Å². The Morgan fingerprint density at radius 3 is 2.71 bits per heavy atom. The van der Waals surface area contributed by atoms with Gasteiger partial charge in [0, 0.05) is 15.4 Å². The molecule has 2 N–H and O–H groups in total. The maximum Gasteiger partial charge on any atom is 0.180 e. The molecule has 0 saturated carbocycles. The molecule has 0 atom stereocenters. The first-order valence-electron chi connectivity index (χ1n) is 4.14. The molecule has 0 amide bonds. The van der Waals surface area contributed by atoms with Crippen LogP contribution < -0.4 is 5.73 Å². The van der Waals surface area contributed by atoms with E-state index in [0.717, 1.165) is 15.7 Å². The number of hydrogen-bond acceptors (Lipinski definition) is 3. The van der Waals surface area contributed by atoms with Gasteiger partial charge >= 0.3 is 0 Å². The van der Waals surface area contributed by atoms with Crippen molar-refractivity contribution in [3.8, 4) is 11.3 Å². The summed E-state index contributed by atoms with van der Waals surface area (Å²) in [6.45, 7) is 2.06. The van der Waals surface area contributed by atoms with Gasteiger partial charge in [0.25, 0.3) is 0 Å². The molecule has 0 unspecified atom stereocenters. The summed E-state index contributed by atoms with van der Waals surface area (Å²) in [6.07, 6.45) is 0. The number of anilines is 1. The lowest BCUT2D eigenvalue weighted by Gasteiger charge is -2.00. The third-order valence-corrected chi connectivity index (χ3v) is 2.99. The zero-order chi connectivity index (χ0) is 10.1. The minimum absolute atomic E-state index is 0.609. The van der Waals surface area contributed by atoms with Crippen molar-refractivity contribution in [2.24, 2.45) is 0 Å². The number of aromatic nitrogens is 1. The molecular weight excluding hydrogens is 260 g/mol. The van der Waals surface area contributed by atoms with Crippen LogP contribution >= 0.6 is 27.3 Å². The molecule has 0 aliphatic heterocycles. The number of rotatable bonds is 1. The summed E-state index contributed by atoms with van der Waals surface area (Å²) in [5.74, 6) is 0. The standard InChI is InChI=1S/C10H9BrN2S/c1-6-2-7(4-8(11)3-6)9-5-14-10(12)13-9/h2-5H,1H3,(H2,12,13). The van der Waals surface area contributed by atoms with E-state index in [9.17, 15) is 0 Å². The Labute approximate surface area is 94.9 Å². The highest BCUT2D eigenvalue weighted by Gasteiger charge is 2.03. The summed E-state index contributed by atoms with van der Waals surface area (Å²) in [4.78, 5) is 4.24. The predicted molar refractivity (Wildman–Crippen MR) is 64.4 cm³/mol. The van der Waals surface area contributed by atoms with Gasteiger partial charge < -0.3 is 5.73 Å². The SMILES string of the molecule is Cc1cc(Br)cc(-c2csc(N)n2)c1. The van der Waals surface area contributed by atoms with E-state index in [0.29, 0.717) is 5.13 Å². The number of nitrogens with two attached hydrogens (primary N) is 1. The third kappa shape index (κ3) is 1.96. The van der Waals surface area contributed by atoms with Crippen molar-refractivity contribution in [1.29, 1.82) is 0 Å². The molecule has 0 fully saturated rings. The zero-order valence-corrected chi connectivity index (χ0v) is 10.0. The van der Waals surface area contributed by atoms with E-state index in [4.69, 9.17) is 5.73 Å². The van der Waals surface area contributed by atoms with Crippen LogP contribution in [0.25, 0.3) is 11.3 Å². The fourth-order valence-corrected chi connectivity index (χ4v) is 2.48. The van der Waals surface area contributed by atoms with Crippen LogP contribution in [-0.2, 0) is 0 Å². The average molecular weight is 269 g/mol. The zero-order valence-electron chi connectivity index (χ0n) is 7.62. The molecule has 0 radical (unpaired) electrons. The Bertz CT molecular complexity index is 445. The summed E-state index contributed by atoms with van der Waals surface area (Å²) in [5.41, 5.74) is 8.84. The molecule has 2 aromatic rings. The minimum Gasteiger partial charge on any atom is -0.375 e. The van der Waals surface area contributed by atoms with Crippen LogP contribution in [0.15, 0.2) is 28.1 Å². The highest BCUT2D eigenvalue weighted by Crippen LogP contribution is 2.26. The van der Waals surface area contributed by atoms with E-state index in [2.05, 4.69) is 40.0 Å². The van der Waals surface area contributed by atoms with Crippen molar-refractivity contribution >= 4 is 32.4 Å². The maximum absolute atomic E-state index is 5.59. The Hall–Kier alpha value is -0.870. The Kier molecular flexibility index (Phi) is 2.56. The number of thiazole rings is 1. The van der Waals surface area contributed by atoms with Crippen LogP contribution in [0, 0.1) is 6.92 Å². The molecular formula is C10H9BrN2S. The van der Waals surface area contributed by atoms with Gasteiger partial charge in [-0.25, -0.2) is 4.98 Å². The first kappa shape index (κ1) is 9.68. The normalized spacial score (nSPS) is 10.4. The number of aryl methyl sites for hydroxylation is 1. The molecule has 2 nitrogen and oxygen atoms in total. The quantitative estimate of drug-likeness (QED) is 0.861. The lowest BCUT2D eigenvalue weighted by Crippen LogP contribution is -1.84. The Morgan fingerprint density at radius 1 is 1.36 bits per heavy atom. The van der Waals surface area contributed by atoms with Crippen molar-refractivity contribution in [3.05, 3.63) is 33.6 Å². The van der Waals surface area contributed by atoms with Gasteiger partial charge in [0.1, 0.15) is 0 Å². The molecule has 1 aromatic carbocycles. The molecule has 1 heterocycles. The van der Waals surface area contributed by atoms with Gasteiger partial charge in [0.15, 0.2) is 5.13 Å². The van der Waals surface area contributed by atoms with E-state index in [-0.39, 0.29) is 0 Å². The van der Waals surface area contributed by atoms with E-state index < -0.39 is 0 Å². The summed E-state index contributed by atoms with van der Waals surface area (Å²) >= 11 is 4.92. The lowest BCUT2D eigenvalue weighted by molar-refractivity contribution is 1.38. The molecule has 0 aliphatic rings. The molecule has 14 heavy (non-hydrogen) atoms. The van der Waals surface area contributed by atoms with Crippen LogP contribution in [0.4, 0.5) is 5.13 Å². The van der Waals surface area contributed by atoms with Gasteiger partial charge in [0.2, 0.25) is 0 Å². The Morgan fingerprint density at radius 2 is 2.14 bits per heavy atom. The maximum atomic E-state index is 5.59. The third-order valence-electron chi connectivity index (χ3n) is 1.86. The van der Waals surface area contributed by atoms with Crippen LogP contribution in [0.1, 0.15) is 5.56 Å². The second kappa shape index (κ2) is 3.71. The van der Waals surface area contributed by atoms with Gasteiger partial charge in [-0.15, -0.1) is 11.3 Å². The Balaban J connectivity index is 2.51. The van der Waals surface area contributed by atoms with Crippen molar-refractivity contribution in [2.45, 2.75) is 6.92 Å². The average Bonchev–Trinajstić information content (AvgIpc) is 2.50. The summed E-state index contributed by atoms with van der Waals surface area (Å²) in [6, 6.07) is 6.21. The number of halogens is 1. The first-order chi connectivity index (χ1) is 6.65. The largest absolute Gasteiger partial charge is 0.375 e. The monoisotopic (exact) mass is 268 g/mol. The van der Waals surface area contributed by atoms with Crippen LogP contribution in [0.2, 0.25) is 0 Å². The first-order valence-corrected chi connectivity index (χ1v) is 5.81. The second-order valence-electron chi connectivity index (χ2n) is 3.09. The number of nitrogens with zero attached hydrogens (tertiary/aromatic N) is 1. The molecule has 0 bridgehead atoms. The molecule has 0 saturated heterocycles. The van der Waals surface area contributed by atoms with Gasteiger partial charge in [-0.3, -0.25) is 0 Å². The summed E-state index contributed by atoms with van der Waals surface area (Å²) in [5, 5.41) is 2.58. The predicted octanol–water partition coefficient (Wildman–Crippen LogP) is 3.46. The molecule has 0 spiro atoms. The molecule has 0 aliphatic carbocycles. The van der Waals surface area contributed by atoms with E-state index in [1.54, 1.807) is 0 Å². The van der Waals surface area contributed by atoms with Crippen LogP contribution in [-0.4, -0.2) is 4.98 Å². The van der Waals surface area contributed by atoms with Crippen molar-refractivity contribution in [2.75, 3.05) is 5.73 Å². The van der Waals surface area contributed by atoms with E-state index in [1.165, 1.54) is 16.9 Å². The number of hydrogen-bond donors (Lipinski definition) is 1. The van der Waals surface area contributed by atoms with Crippen LogP contribution in [0.5, 0.6) is 0 Å². The van der Waals surface area contributed by atoms with Crippen molar-refractivity contribution in [3.63, 3.8) is 0 Å². The topological polar surface area (TPSA) is 38.9 Å². The fraction of sp³-hybridized carbons (Fsp3) is 0.100. The minimum atomic E-state index is 0.609. The van der Waals surface area contributed by atoms with Crippen molar-refractivity contribution < 1.29 is 0 Å². The van der Waals surface area contributed by atoms with Gasteiger partial charge in [-0.1, -0.05) is 15.9 Å². The summed E-state index contributed by atoms with van der Waals surface area (Å²) in [7, 11) is 0.